The standard InChI is InChI=1S/C13H22N4O/c1-4-12-9(2)15-10(3)16-13(12)17-5-6-18-11(7-14)8-17/h11H,4-8,14H2,1-3H3/t11-/m1/s1. The summed E-state index contributed by atoms with van der Waals surface area (Å²) in [7, 11) is 0. The summed E-state index contributed by atoms with van der Waals surface area (Å²) in [6.45, 7) is 9.10. The predicted molar refractivity (Wildman–Crippen MR) is 71.9 cm³/mol. The summed E-state index contributed by atoms with van der Waals surface area (Å²) in [6, 6.07) is 0. The van der Waals surface area contributed by atoms with Crippen molar-refractivity contribution >= 4 is 5.82 Å². The highest BCUT2D eigenvalue weighted by Gasteiger charge is 2.23. The minimum Gasteiger partial charge on any atom is -0.373 e. The number of ether oxygens (including phenoxy) is 1. The molecule has 5 heteroatoms. The Balaban J connectivity index is 2.31. The second-order valence-electron chi connectivity index (χ2n) is 4.69. The maximum Gasteiger partial charge on any atom is 0.135 e. The molecule has 2 N–H and O–H groups in total. The third kappa shape index (κ3) is 2.62. The summed E-state index contributed by atoms with van der Waals surface area (Å²) in [5.41, 5.74) is 8.00. The van der Waals surface area contributed by atoms with Gasteiger partial charge in [0, 0.05) is 30.9 Å². The fourth-order valence-corrected chi connectivity index (χ4v) is 2.45. The second kappa shape index (κ2) is 5.63. The van der Waals surface area contributed by atoms with Crippen LogP contribution in [0.2, 0.25) is 0 Å². The molecule has 0 amide bonds. The number of aromatic nitrogens is 2. The average molecular weight is 250 g/mol. The molecule has 1 fully saturated rings. The first-order valence-electron chi connectivity index (χ1n) is 6.56. The van der Waals surface area contributed by atoms with E-state index in [4.69, 9.17) is 10.5 Å². The molecule has 1 aromatic rings. The van der Waals surface area contributed by atoms with Gasteiger partial charge in [0.15, 0.2) is 0 Å². The molecule has 1 atom stereocenters. The highest BCUT2D eigenvalue weighted by molar-refractivity contribution is 5.49. The van der Waals surface area contributed by atoms with Crippen LogP contribution >= 0.6 is 0 Å². The Labute approximate surface area is 108 Å². The van der Waals surface area contributed by atoms with Crippen molar-refractivity contribution in [2.75, 3.05) is 31.1 Å². The summed E-state index contributed by atoms with van der Waals surface area (Å²) in [6.07, 6.45) is 1.06. The fraction of sp³-hybridized carbons (Fsp3) is 0.692. The van der Waals surface area contributed by atoms with Gasteiger partial charge in [0.05, 0.1) is 12.7 Å². The van der Waals surface area contributed by atoms with E-state index in [1.165, 1.54) is 5.56 Å². The number of anilines is 1. The maximum atomic E-state index is 5.69. The van der Waals surface area contributed by atoms with Crippen LogP contribution in [0, 0.1) is 13.8 Å². The summed E-state index contributed by atoms with van der Waals surface area (Å²) < 4.78 is 5.60. The smallest absolute Gasteiger partial charge is 0.135 e. The van der Waals surface area contributed by atoms with Gasteiger partial charge in [-0.3, -0.25) is 0 Å². The van der Waals surface area contributed by atoms with Crippen molar-refractivity contribution in [2.24, 2.45) is 5.73 Å². The molecule has 100 valence electrons. The predicted octanol–water partition coefficient (Wildman–Crippen LogP) is 0.820. The van der Waals surface area contributed by atoms with Crippen LogP contribution in [-0.4, -0.2) is 42.3 Å². The lowest BCUT2D eigenvalue weighted by Gasteiger charge is -2.34. The molecule has 18 heavy (non-hydrogen) atoms. The zero-order valence-corrected chi connectivity index (χ0v) is 11.4. The van der Waals surface area contributed by atoms with E-state index in [9.17, 15) is 0 Å². The summed E-state index contributed by atoms with van der Waals surface area (Å²) >= 11 is 0. The quantitative estimate of drug-likeness (QED) is 0.860. The second-order valence-corrected chi connectivity index (χ2v) is 4.69. The van der Waals surface area contributed by atoms with E-state index in [1.807, 2.05) is 6.92 Å². The molecule has 0 aliphatic carbocycles. The number of morpholine rings is 1. The summed E-state index contributed by atoms with van der Waals surface area (Å²) in [5, 5.41) is 0. The topological polar surface area (TPSA) is 64.3 Å². The molecule has 2 rings (SSSR count). The van der Waals surface area contributed by atoms with Crippen LogP contribution in [0.25, 0.3) is 0 Å². The van der Waals surface area contributed by atoms with Gasteiger partial charge in [-0.05, 0) is 20.3 Å². The molecule has 0 radical (unpaired) electrons. The Morgan fingerprint density at radius 2 is 2.17 bits per heavy atom. The van der Waals surface area contributed by atoms with Gasteiger partial charge in [-0.15, -0.1) is 0 Å². The summed E-state index contributed by atoms with van der Waals surface area (Å²) in [4.78, 5) is 11.3. The van der Waals surface area contributed by atoms with Crippen LogP contribution in [0.3, 0.4) is 0 Å². The molecule has 1 aliphatic heterocycles. The van der Waals surface area contributed by atoms with Crippen LogP contribution in [-0.2, 0) is 11.2 Å². The van der Waals surface area contributed by atoms with E-state index in [0.29, 0.717) is 13.2 Å². The Morgan fingerprint density at radius 1 is 1.39 bits per heavy atom. The Morgan fingerprint density at radius 3 is 2.83 bits per heavy atom. The van der Waals surface area contributed by atoms with Gasteiger partial charge in [0.25, 0.3) is 0 Å². The van der Waals surface area contributed by atoms with Gasteiger partial charge in [-0.25, -0.2) is 9.97 Å². The number of nitrogens with zero attached hydrogens (tertiary/aromatic N) is 3. The molecule has 1 saturated heterocycles. The lowest BCUT2D eigenvalue weighted by Crippen LogP contribution is -2.46. The minimum atomic E-state index is 0.110. The molecular weight excluding hydrogens is 228 g/mol. The highest BCUT2D eigenvalue weighted by atomic mass is 16.5. The van der Waals surface area contributed by atoms with Crippen molar-refractivity contribution < 1.29 is 4.74 Å². The van der Waals surface area contributed by atoms with Crippen molar-refractivity contribution in [1.82, 2.24) is 9.97 Å². The zero-order chi connectivity index (χ0) is 13.1. The fourth-order valence-electron chi connectivity index (χ4n) is 2.45. The van der Waals surface area contributed by atoms with E-state index in [1.54, 1.807) is 0 Å². The van der Waals surface area contributed by atoms with Crippen LogP contribution < -0.4 is 10.6 Å². The van der Waals surface area contributed by atoms with Crippen LogP contribution in [0.4, 0.5) is 5.82 Å². The maximum absolute atomic E-state index is 5.69. The lowest BCUT2D eigenvalue weighted by atomic mass is 10.1. The molecule has 0 bridgehead atoms. The van der Waals surface area contributed by atoms with Gasteiger partial charge in [-0.1, -0.05) is 6.92 Å². The first-order valence-corrected chi connectivity index (χ1v) is 6.56. The number of nitrogens with two attached hydrogens (primary N) is 1. The molecule has 0 saturated carbocycles. The Bertz CT molecular complexity index is 422. The van der Waals surface area contributed by atoms with E-state index in [2.05, 4.69) is 28.7 Å². The van der Waals surface area contributed by atoms with E-state index < -0.39 is 0 Å². The highest BCUT2D eigenvalue weighted by Crippen LogP contribution is 2.23. The molecule has 5 nitrogen and oxygen atoms in total. The van der Waals surface area contributed by atoms with Crippen molar-refractivity contribution in [3.05, 3.63) is 17.1 Å². The molecule has 0 unspecified atom stereocenters. The molecule has 2 heterocycles. The molecule has 1 aliphatic rings. The average Bonchev–Trinajstić information content (AvgIpc) is 2.38. The van der Waals surface area contributed by atoms with Crippen molar-refractivity contribution in [2.45, 2.75) is 33.3 Å². The normalized spacial score (nSPS) is 20.2. The number of hydrogen-bond donors (Lipinski definition) is 1. The molecule has 0 aromatic carbocycles. The number of hydrogen-bond acceptors (Lipinski definition) is 5. The van der Waals surface area contributed by atoms with Gasteiger partial charge < -0.3 is 15.4 Å². The van der Waals surface area contributed by atoms with Crippen LogP contribution in [0.5, 0.6) is 0 Å². The van der Waals surface area contributed by atoms with E-state index in [0.717, 1.165) is 36.8 Å². The third-order valence-corrected chi connectivity index (χ3v) is 3.36. The first kappa shape index (κ1) is 13.2. The Hall–Kier alpha value is -1.20. The van der Waals surface area contributed by atoms with E-state index >= 15 is 0 Å². The van der Waals surface area contributed by atoms with Crippen molar-refractivity contribution in [1.29, 1.82) is 0 Å². The SMILES string of the molecule is CCc1c(C)nc(C)nc1N1CCO[C@H](CN)C1. The van der Waals surface area contributed by atoms with Gasteiger partial charge in [-0.2, -0.15) is 0 Å². The van der Waals surface area contributed by atoms with Gasteiger partial charge >= 0.3 is 0 Å². The largest absolute Gasteiger partial charge is 0.373 e. The van der Waals surface area contributed by atoms with Crippen LogP contribution in [0.1, 0.15) is 24.0 Å². The molecule has 0 spiro atoms. The summed E-state index contributed by atoms with van der Waals surface area (Å²) in [5.74, 6) is 1.89. The molecule has 1 aromatic heterocycles. The van der Waals surface area contributed by atoms with Gasteiger partial charge in [0.2, 0.25) is 0 Å². The number of aryl methyl sites for hydroxylation is 2. The number of rotatable bonds is 3. The third-order valence-electron chi connectivity index (χ3n) is 3.36. The zero-order valence-electron chi connectivity index (χ0n) is 11.4. The van der Waals surface area contributed by atoms with Crippen LogP contribution in [0.15, 0.2) is 0 Å². The van der Waals surface area contributed by atoms with Gasteiger partial charge in [0.1, 0.15) is 11.6 Å². The van der Waals surface area contributed by atoms with Crippen molar-refractivity contribution in [3.63, 3.8) is 0 Å². The van der Waals surface area contributed by atoms with E-state index in [-0.39, 0.29) is 6.10 Å². The first-order chi connectivity index (χ1) is 8.65. The monoisotopic (exact) mass is 250 g/mol. The molecular formula is C13H22N4O. The Kier molecular flexibility index (Phi) is 4.14. The van der Waals surface area contributed by atoms with Crippen molar-refractivity contribution in [3.8, 4) is 0 Å². The lowest BCUT2D eigenvalue weighted by molar-refractivity contribution is 0.0462. The minimum absolute atomic E-state index is 0.110.